The van der Waals surface area contributed by atoms with E-state index in [1.165, 1.54) is 89.9 Å². The molecule has 0 saturated heterocycles. The van der Waals surface area contributed by atoms with E-state index in [-0.39, 0.29) is 0 Å². The molecule has 0 amide bonds. The summed E-state index contributed by atoms with van der Waals surface area (Å²) in [6, 6.07) is 9.91. The van der Waals surface area contributed by atoms with E-state index in [9.17, 15) is 0 Å². The van der Waals surface area contributed by atoms with Crippen LogP contribution in [0.15, 0.2) is 42.5 Å². The number of benzene rings is 1. The summed E-state index contributed by atoms with van der Waals surface area (Å²) in [5.74, 6) is 0.886. The molecule has 0 aromatic heterocycles. The van der Waals surface area contributed by atoms with Gasteiger partial charge in [-0.2, -0.15) is 5.48 Å². The second-order valence-electron chi connectivity index (χ2n) is 7.25. The van der Waals surface area contributed by atoms with Gasteiger partial charge in [0.15, 0.2) is 0 Å². The third-order valence-corrected chi connectivity index (χ3v) is 4.72. The molecule has 0 heterocycles. The lowest BCUT2D eigenvalue weighted by atomic mass is 10.1. The molecule has 0 fully saturated rings. The van der Waals surface area contributed by atoms with Gasteiger partial charge >= 0.3 is 0 Å². The van der Waals surface area contributed by atoms with Gasteiger partial charge < -0.3 is 4.84 Å². The van der Waals surface area contributed by atoms with E-state index < -0.39 is 0 Å². The minimum absolute atomic E-state index is 0.886. The Morgan fingerprint density at radius 2 is 1.23 bits per heavy atom. The molecule has 1 rings (SSSR count). The first-order valence-electron chi connectivity index (χ1n) is 11.0. The second kappa shape index (κ2) is 18.5. The van der Waals surface area contributed by atoms with Crippen LogP contribution in [-0.2, 0) is 0 Å². The smallest absolute Gasteiger partial charge is 0.147 e. The molecule has 0 unspecified atom stereocenters. The monoisotopic (exact) mass is 359 g/mol. The Kier molecular flexibility index (Phi) is 16.2. The van der Waals surface area contributed by atoms with Crippen molar-refractivity contribution in [2.24, 2.45) is 0 Å². The van der Waals surface area contributed by atoms with Crippen LogP contribution in [-0.4, -0.2) is 6.54 Å². The first-order chi connectivity index (χ1) is 12.9. The lowest BCUT2D eigenvalue weighted by Gasteiger charge is -2.06. The summed E-state index contributed by atoms with van der Waals surface area (Å²) in [6.45, 7) is 3.21. The van der Waals surface area contributed by atoms with Crippen LogP contribution in [0.5, 0.6) is 5.75 Å². The standard InChI is InChI=1S/C24H41NO/c1-2-3-4-5-6-7-8-9-10-11-12-13-14-15-16-20-23-25-26-24-21-18-17-19-22-24/h9-10,17-19,21-22,25H,2-8,11-16,20,23H2,1H3/b10-9-. The van der Waals surface area contributed by atoms with Gasteiger partial charge in [0.1, 0.15) is 5.75 Å². The van der Waals surface area contributed by atoms with Crippen molar-refractivity contribution in [2.45, 2.75) is 96.8 Å². The first-order valence-corrected chi connectivity index (χ1v) is 11.0. The van der Waals surface area contributed by atoms with Crippen molar-refractivity contribution in [3.05, 3.63) is 42.5 Å². The Balaban J connectivity index is 1.73. The Morgan fingerprint density at radius 1 is 0.692 bits per heavy atom. The molecule has 26 heavy (non-hydrogen) atoms. The summed E-state index contributed by atoms with van der Waals surface area (Å²) >= 11 is 0. The van der Waals surface area contributed by atoms with Crippen molar-refractivity contribution >= 4 is 0 Å². The summed E-state index contributed by atoms with van der Waals surface area (Å²) in [4.78, 5) is 5.47. The fourth-order valence-corrected chi connectivity index (χ4v) is 3.07. The van der Waals surface area contributed by atoms with Gasteiger partial charge in [-0.05, 0) is 44.2 Å². The van der Waals surface area contributed by atoms with Gasteiger partial charge in [0, 0.05) is 6.54 Å². The molecule has 0 saturated carbocycles. The van der Waals surface area contributed by atoms with Crippen molar-refractivity contribution < 1.29 is 4.84 Å². The van der Waals surface area contributed by atoms with Gasteiger partial charge in [0.25, 0.3) is 0 Å². The fraction of sp³-hybridized carbons (Fsp3) is 0.667. The molecule has 0 atom stereocenters. The van der Waals surface area contributed by atoms with Crippen molar-refractivity contribution in [2.75, 3.05) is 6.54 Å². The van der Waals surface area contributed by atoms with E-state index in [1.54, 1.807) is 0 Å². The predicted molar refractivity (Wildman–Crippen MR) is 115 cm³/mol. The summed E-state index contributed by atoms with van der Waals surface area (Å²) in [7, 11) is 0. The zero-order valence-electron chi connectivity index (χ0n) is 17.1. The number of allylic oxidation sites excluding steroid dienone is 2. The summed E-state index contributed by atoms with van der Waals surface area (Å²) < 4.78 is 0. The summed E-state index contributed by atoms with van der Waals surface area (Å²) in [5, 5.41) is 0. The molecule has 0 aliphatic heterocycles. The topological polar surface area (TPSA) is 21.3 Å². The van der Waals surface area contributed by atoms with Crippen LogP contribution in [0.2, 0.25) is 0 Å². The van der Waals surface area contributed by atoms with E-state index in [1.807, 2.05) is 30.3 Å². The molecule has 1 N–H and O–H groups in total. The first kappa shape index (κ1) is 22.8. The van der Waals surface area contributed by atoms with E-state index in [0.29, 0.717) is 0 Å². The molecule has 0 aliphatic rings. The molecule has 148 valence electrons. The van der Waals surface area contributed by atoms with Gasteiger partial charge in [-0.15, -0.1) is 0 Å². The minimum atomic E-state index is 0.886. The maximum atomic E-state index is 5.47. The Hall–Kier alpha value is -1.28. The molecule has 0 radical (unpaired) electrons. The SMILES string of the molecule is CCCCCCCC/C=C\CCCCCCCCNOc1ccccc1. The molecule has 0 aliphatic carbocycles. The highest BCUT2D eigenvalue weighted by Gasteiger charge is 1.93. The van der Waals surface area contributed by atoms with Gasteiger partial charge in [-0.3, -0.25) is 0 Å². The fourth-order valence-electron chi connectivity index (χ4n) is 3.07. The van der Waals surface area contributed by atoms with Crippen molar-refractivity contribution in [1.29, 1.82) is 0 Å². The average Bonchev–Trinajstić information content (AvgIpc) is 2.68. The lowest BCUT2D eigenvalue weighted by molar-refractivity contribution is 0.193. The van der Waals surface area contributed by atoms with Gasteiger partial charge in [0.05, 0.1) is 0 Å². The van der Waals surface area contributed by atoms with Crippen molar-refractivity contribution in [1.82, 2.24) is 5.48 Å². The highest BCUT2D eigenvalue weighted by atomic mass is 16.6. The maximum Gasteiger partial charge on any atom is 0.147 e. The van der Waals surface area contributed by atoms with Crippen LogP contribution in [0, 0.1) is 0 Å². The third-order valence-electron chi connectivity index (χ3n) is 4.72. The number of unbranched alkanes of at least 4 members (excludes halogenated alkanes) is 12. The molecular formula is C24H41NO. The normalized spacial score (nSPS) is 11.3. The van der Waals surface area contributed by atoms with E-state index in [2.05, 4.69) is 24.6 Å². The number of hydrogen-bond donors (Lipinski definition) is 1. The summed E-state index contributed by atoms with van der Waals surface area (Å²) in [6.07, 6.45) is 23.7. The lowest BCUT2D eigenvalue weighted by Crippen LogP contribution is -2.19. The molecule has 1 aromatic carbocycles. The minimum Gasteiger partial charge on any atom is -0.409 e. The van der Waals surface area contributed by atoms with Gasteiger partial charge in [-0.25, -0.2) is 0 Å². The highest BCUT2D eigenvalue weighted by Crippen LogP contribution is 2.10. The highest BCUT2D eigenvalue weighted by molar-refractivity contribution is 5.20. The van der Waals surface area contributed by atoms with Crippen molar-refractivity contribution in [3.8, 4) is 5.75 Å². The number of hydroxylamine groups is 1. The Morgan fingerprint density at radius 3 is 1.85 bits per heavy atom. The molecular weight excluding hydrogens is 318 g/mol. The number of rotatable bonds is 18. The van der Waals surface area contributed by atoms with Gasteiger partial charge in [0.2, 0.25) is 0 Å². The largest absolute Gasteiger partial charge is 0.409 e. The predicted octanol–water partition coefficient (Wildman–Crippen LogP) is 7.61. The molecule has 2 heteroatoms. The van der Waals surface area contributed by atoms with E-state index in [4.69, 9.17) is 4.84 Å². The zero-order chi connectivity index (χ0) is 18.5. The van der Waals surface area contributed by atoms with Crippen LogP contribution in [0.3, 0.4) is 0 Å². The van der Waals surface area contributed by atoms with E-state index in [0.717, 1.165) is 12.3 Å². The molecule has 0 spiro atoms. The van der Waals surface area contributed by atoms with Crippen LogP contribution < -0.4 is 10.3 Å². The quantitative estimate of drug-likeness (QED) is 0.165. The number of hydrogen-bond acceptors (Lipinski definition) is 2. The zero-order valence-corrected chi connectivity index (χ0v) is 17.1. The van der Waals surface area contributed by atoms with Crippen LogP contribution in [0.25, 0.3) is 0 Å². The van der Waals surface area contributed by atoms with Gasteiger partial charge in [-0.1, -0.05) is 95.1 Å². The third kappa shape index (κ3) is 15.0. The molecule has 0 bridgehead atoms. The summed E-state index contributed by atoms with van der Waals surface area (Å²) in [5.41, 5.74) is 3.04. The van der Waals surface area contributed by atoms with Crippen molar-refractivity contribution in [3.63, 3.8) is 0 Å². The maximum absolute atomic E-state index is 5.47. The Labute approximate surface area is 162 Å². The second-order valence-corrected chi connectivity index (χ2v) is 7.25. The molecule has 1 aromatic rings. The van der Waals surface area contributed by atoms with Crippen LogP contribution >= 0.6 is 0 Å². The van der Waals surface area contributed by atoms with Crippen LogP contribution in [0.4, 0.5) is 0 Å². The number of nitrogens with one attached hydrogen (secondary N) is 1. The van der Waals surface area contributed by atoms with Crippen LogP contribution in [0.1, 0.15) is 96.8 Å². The molecule has 2 nitrogen and oxygen atoms in total. The number of para-hydroxylation sites is 1. The average molecular weight is 360 g/mol. The Bertz CT molecular complexity index is 415. The van der Waals surface area contributed by atoms with E-state index >= 15 is 0 Å².